The molecule has 1 aromatic heterocycles. The Hall–Kier alpha value is -0.0900. The Labute approximate surface area is 108 Å². The van der Waals surface area contributed by atoms with Gasteiger partial charge in [-0.1, -0.05) is 25.4 Å². The minimum absolute atomic E-state index is 0.719. The second kappa shape index (κ2) is 7.28. The molecule has 0 saturated heterocycles. The van der Waals surface area contributed by atoms with Gasteiger partial charge in [-0.3, -0.25) is 4.90 Å². The monoisotopic (exact) mass is 260 g/mol. The van der Waals surface area contributed by atoms with Gasteiger partial charge in [0.15, 0.2) is 0 Å². The predicted molar refractivity (Wildman–Crippen MR) is 73.4 cm³/mol. The first-order chi connectivity index (χ1) is 7.59. The second-order valence-corrected chi connectivity index (χ2v) is 5.94. The Morgan fingerprint density at radius 3 is 2.81 bits per heavy atom. The third kappa shape index (κ3) is 5.30. The Kier molecular flexibility index (Phi) is 6.36. The van der Waals surface area contributed by atoms with E-state index in [4.69, 9.17) is 11.6 Å². The maximum Gasteiger partial charge on any atom is 0.0558 e. The van der Waals surface area contributed by atoms with Crippen LogP contribution in [0.3, 0.4) is 0 Å². The molecule has 0 aliphatic carbocycles. The fourth-order valence-corrected chi connectivity index (χ4v) is 2.60. The molecule has 0 aliphatic rings. The van der Waals surface area contributed by atoms with Crippen molar-refractivity contribution in [2.75, 3.05) is 26.7 Å². The molecule has 0 atom stereocenters. The standard InChI is InChI=1S/C12H21ClN2S/c1-10(2)8-14-5-6-15(3)9-12-11(13)4-7-16-12/h4,7,10,14H,5-6,8-9H2,1-3H3. The van der Waals surface area contributed by atoms with Gasteiger partial charge in [0.25, 0.3) is 0 Å². The summed E-state index contributed by atoms with van der Waals surface area (Å²) in [7, 11) is 2.13. The van der Waals surface area contributed by atoms with Crippen LogP contribution in [0.4, 0.5) is 0 Å². The van der Waals surface area contributed by atoms with E-state index in [9.17, 15) is 0 Å². The molecule has 1 aromatic rings. The van der Waals surface area contributed by atoms with Crippen LogP contribution in [0.15, 0.2) is 11.4 Å². The van der Waals surface area contributed by atoms with E-state index in [-0.39, 0.29) is 0 Å². The third-order valence-corrected chi connectivity index (χ3v) is 3.70. The number of thiophene rings is 1. The molecule has 1 N–H and O–H groups in total. The van der Waals surface area contributed by atoms with Crippen molar-refractivity contribution in [3.8, 4) is 0 Å². The van der Waals surface area contributed by atoms with E-state index in [1.54, 1.807) is 11.3 Å². The Balaban J connectivity index is 2.16. The van der Waals surface area contributed by atoms with Crippen LogP contribution in [0.1, 0.15) is 18.7 Å². The molecular formula is C12H21ClN2S. The highest BCUT2D eigenvalue weighted by atomic mass is 35.5. The maximum absolute atomic E-state index is 6.05. The number of nitrogens with zero attached hydrogens (tertiary/aromatic N) is 1. The minimum atomic E-state index is 0.719. The summed E-state index contributed by atoms with van der Waals surface area (Å²) in [6.45, 7) is 8.58. The van der Waals surface area contributed by atoms with Crippen LogP contribution < -0.4 is 5.32 Å². The largest absolute Gasteiger partial charge is 0.315 e. The SMILES string of the molecule is CC(C)CNCCN(C)Cc1sccc1Cl. The number of nitrogens with one attached hydrogen (secondary N) is 1. The predicted octanol–water partition coefficient (Wildman–Crippen LogP) is 3.08. The minimum Gasteiger partial charge on any atom is -0.315 e. The van der Waals surface area contributed by atoms with Crippen molar-refractivity contribution in [3.05, 3.63) is 21.3 Å². The first kappa shape index (κ1) is 14.0. The van der Waals surface area contributed by atoms with Gasteiger partial charge in [0.05, 0.1) is 5.02 Å². The van der Waals surface area contributed by atoms with Gasteiger partial charge in [0.1, 0.15) is 0 Å². The fourth-order valence-electron chi connectivity index (χ4n) is 1.42. The average molecular weight is 261 g/mol. The van der Waals surface area contributed by atoms with Gasteiger partial charge in [-0.2, -0.15) is 0 Å². The van der Waals surface area contributed by atoms with Gasteiger partial charge in [-0.05, 0) is 31.0 Å². The van der Waals surface area contributed by atoms with Gasteiger partial charge in [-0.25, -0.2) is 0 Å². The number of halogens is 1. The lowest BCUT2D eigenvalue weighted by Gasteiger charge is -2.16. The highest BCUT2D eigenvalue weighted by Crippen LogP contribution is 2.22. The topological polar surface area (TPSA) is 15.3 Å². The van der Waals surface area contributed by atoms with E-state index in [2.05, 4.69) is 31.1 Å². The van der Waals surface area contributed by atoms with E-state index in [1.807, 2.05) is 11.4 Å². The van der Waals surface area contributed by atoms with E-state index in [0.29, 0.717) is 0 Å². The molecule has 0 saturated carbocycles. The maximum atomic E-state index is 6.05. The lowest BCUT2D eigenvalue weighted by Crippen LogP contribution is -2.30. The van der Waals surface area contributed by atoms with E-state index < -0.39 is 0 Å². The molecule has 4 heteroatoms. The highest BCUT2D eigenvalue weighted by Gasteiger charge is 2.05. The van der Waals surface area contributed by atoms with Crippen LogP contribution in [0.2, 0.25) is 5.02 Å². The Morgan fingerprint density at radius 2 is 2.25 bits per heavy atom. The quantitative estimate of drug-likeness (QED) is 0.758. The van der Waals surface area contributed by atoms with Crippen LogP contribution in [-0.2, 0) is 6.54 Å². The van der Waals surface area contributed by atoms with Crippen LogP contribution >= 0.6 is 22.9 Å². The second-order valence-electron chi connectivity index (χ2n) is 4.53. The summed E-state index contributed by atoms with van der Waals surface area (Å²) in [6.07, 6.45) is 0. The average Bonchev–Trinajstić information content (AvgIpc) is 2.59. The fraction of sp³-hybridized carbons (Fsp3) is 0.667. The zero-order chi connectivity index (χ0) is 12.0. The van der Waals surface area contributed by atoms with Crippen molar-refractivity contribution in [1.29, 1.82) is 0 Å². The van der Waals surface area contributed by atoms with Gasteiger partial charge >= 0.3 is 0 Å². The molecule has 0 bridgehead atoms. The third-order valence-electron chi connectivity index (χ3n) is 2.33. The normalized spacial score (nSPS) is 11.6. The highest BCUT2D eigenvalue weighted by molar-refractivity contribution is 7.10. The number of rotatable bonds is 7. The van der Waals surface area contributed by atoms with Gasteiger partial charge < -0.3 is 5.32 Å². The molecule has 2 nitrogen and oxygen atoms in total. The summed E-state index contributed by atoms with van der Waals surface area (Å²) in [5.74, 6) is 0.719. The summed E-state index contributed by atoms with van der Waals surface area (Å²) < 4.78 is 0. The molecule has 0 aliphatic heterocycles. The smallest absolute Gasteiger partial charge is 0.0558 e. The molecule has 1 rings (SSSR count). The van der Waals surface area contributed by atoms with Crippen LogP contribution in [0, 0.1) is 5.92 Å². The van der Waals surface area contributed by atoms with Gasteiger partial charge in [-0.15, -0.1) is 11.3 Å². The molecule has 0 spiro atoms. The Bertz CT molecular complexity index is 299. The molecule has 16 heavy (non-hydrogen) atoms. The van der Waals surface area contributed by atoms with E-state index in [1.165, 1.54) is 4.88 Å². The summed E-state index contributed by atoms with van der Waals surface area (Å²) in [5.41, 5.74) is 0. The lowest BCUT2D eigenvalue weighted by atomic mass is 10.2. The van der Waals surface area contributed by atoms with Crippen LogP contribution in [-0.4, -0.2) is 31.6 Å². The van der Waals surface area contributed by atoms with Crippen molar-refractivity contribution in [1.82, 2.24) is 10.2 Å². The van der Waals surface area contributed by atoms with Crippen molar-refractivity contribution >= 4 is 22.9 Å². The first-order valence-corrected chi connectivity index (χ1v) is 6.96. The molecule has 0 fully saturated rings. The molecule has 92 valence electrons. The van der Waals surface area contributed by atoms with Crippen molar-refractivity contribution in [2.45, 2.75) is 20.4 Å². The Morgan fingerprint density at radius 1 is 1.50 bits per heavy atom. The van der Waals surface area contributed by atoms with Gasteiger partial charge in [0, 0.05) is 24.5 Å². The zero-order valence-corrected chi connectivity index (χ0v) is 11.9. The summed E-state index contributed by atoms with van der Waals surface area (Å²) in [5, 5.41) is 6.38. The van der Waals surface area contributed by atoms with Crippen molar-refractivity contribution < 1.29 is 0 Å². The van der Waals surface area contributed by atoms with Gasteiger partial charge in [0.2, 0.25) is 0 Å². The van der Waals surface area contributed by atoms with E-state index in [0.717, 1.165) is 37.1 Å². The number of hydrogen-bond donors (Lipinski definition) is 1. The molecular weight excluding hydrogens is 240 g/mol. The van der Waals surface area contributed by atoms with Crippen molar-refractivity contribution in [2.24, 2.45) is 5.92 Å². The zero-order valence-electron chi connectivity index (χ0n) is 10.3. The molecule has 1 heterocycles. The number of hydrogen-bond acceptors (Lipinski definition) is 3. The molecule has 0 amide bonds. The summed E-state index contributed by atoms with van der Waals surface area (Å²) in [6, 6.07) is 1.96. The van der Waals surface area contributed by atoms with Crippen molar-refractivity contribution in [3.63, 3.8) is 0 Å². The lowest BCUT2D eigenvalue weighted by molar-refractivity contribution is 0.324. The van der Waals surface area contributed by atoms with Crippen LogP contribution in [0.5, 0.6) is 0 Å². The summed E-state index contributed by atoms with van der Waals surface area (Å²) >= 11 is 7.78. The molecule has 0 unspecified atom stereocenters. The molecule has 0 aromatic carbocycles. The summed E-state index contributed by atoms with van der Waals surface area (Å²) in [4.78, 5) is 3.55. The number of likely N-dealkylation sites (N-methyl/N-ethyl adjacent to an activating group) is 1. The first-order valence-electron chi connectivity index (χ1n) is 5.70. The van der Waals surface area contributed by atoms with E-state index >= 15 is 0 Å². The molecule has 0 radical (unpaired) electrons. The van der Waals surface area contributed by atoms with Crippen LogP contribution in [0.25, 0.3) is 0 Å².